The van der Waals surface area contributed by atoms with Crippen LogP contribution in [0.3, 0.4) is 0 Å². The molecule has 0 aliphatic carbocycles. The summed E-state index contributed by atoms with van der Waals surface area (Å²) in [5, 5.41) is 12.5. The Morgan fingerprint density at radius 3 is 3.00 bits per heavy atom. The zero-order valence-electron chi connectivity index (χ0n) is 11.5. The van der Waals surface area contributed by atoms with Gasteiger partial charge >= 0.3 is 0 Å². The summed E-state index contributed by atoms with van der Waals surface area (Å²) >= 11 is 1.60. The first-order chi connectivity index (χ1) is 9.78. The quantitative estimate of drug-likeness (QED) is 0.875. The van der Waals surface area contributed by atoms with Crippen molar-refractivity contribution >= 4 is 17.4 Å². The van der Waals surface area contributed by atoms with Crippen LogP contribution in [0.2, 0.25) is 0 Å². The minimum absolute atomic E-state index is 0.155. The summed E-state index contributed by atoms with van der Waals surface area (Å²) < 4.78 is 5.82. The molecule has 2 aromatic rings. The smallest absolute Gasteiger partial charge is 0.247 e. The normalized spacial score (nSPS) is 16.4. The molecule has 0 fully saturated rings. The van der Waals surface area contributed by atoms with E-state index in [2.05, 4.69) is 27.4 Å². The van der Waals surface area contributed by atoms with Crippen LogP contribution in [-0.2, 0) is 0 Å². The van der Waals surface area contributed by atoms with Gasteiger partial charge in [0.1, 0.15) is 0 Å². The average Bonchev–Trinajstić information content (AvgIpc) is 2.59. The van der Waals surface area contributed by atoms with Crippen molar-refractivity contribution < 1.29 is 4.74 Å². The SMILES string of the molecule is CCCSc1nnc2c(n1)O[C@@H](C)Nc1ccccc1-2. The number of ether oxygens (including phenoxy) is 1. The zero-order chi connectivity index (χ0) is 13.9. The van der Waals surface area contributed by atoms with Gasteiger partial charge in [-0.25, -0.2) is 0 Å². The van der Waals surface area contributed by atoms with Crippen LogP contribution in [0.15, 0.2) is 29.4 Å². The number of nitrogens with zero attached hydrogens (tertiary/aromatic N) is 3. The Kier molecular flexibility index (Phi) is 3.73. The van der Waals surface area contributed by atoms with Gasteiger partial charge in [-0.05, 0) is 19.4 Å². The lowest BCUT2D eigenvalue weighted by molar-refractivity contribution is 0.240. The lowest BCUT2D eigenvalue weighted by atomic mass is 10.1. The predicted molar refractivity (Wildman–Crippen MR) is 80.0 cm³/mol. The highest BCUT2D eigenvalue weighted by atomic mass is 32.2. The van der Waals surface area contributed by atoms with E-state index >= 15 is 0 Å². The molecule has 0 unspecified atom stereocenters. The molecule has 1 N–H and O–H groups in total. The van der Waals surface area contributed by atoms with Gasteiger partial charge in [0.15, 0.2) is 11.9 Å². The minimum Gasteiger partial charge on any atom is -0.452 e. The molecule has 104 valence electrons. The van der Waals surface area contributed by atoms with Crippen molar-refractivity contribution in [2.75, 3.05) is 11.1 Å². The predicted octanol–water partition coefficient (Wildman–Crippen LogP) is 3.19. The summed E-state index contributed by atoms with van der Waals surface area (Å²) in [5.41, 5.74) is 2.65. The molecule has 0 amide bonds. The van der Waals surface area contributed by atoms with Crippen molar-refractivity contribution in [1.29, 1.82) is 0 Å². The van der Waals surface area contributed by atoms with Crippen molar-refractivity contribution in [3.63, 3.8) is 0 Å². The summed E-state index contributed by atoms with van der Waals surface area (Å²) in [7, 11) is 0. The number of anilines is 1. The van der Waals surface area contributed by atoms with E-state index in [4.69, 9.17) is 4.74 Å². The van der Waals surface area contributed by atoms with Gasteiger partial charge in [0, 0.05) is 17.0 Å². The van der Waals surface area contributed by atoms with Crippen LogP contribution in [0.4, 0.5) is 5.69 Å². The summed E-state index contributed by atoms with van der Waals surface area (Å²) in [6, 6.07) is 7.96. The van der Waals surface area contributed by atoms with E-state index in [-0.39, 0.29) is 6.23 Å². The Hall–Kier alpha value is -1.82. The second-order valence-corrected chi connectivity index (χ2v) is 5.61. The number of hydrogen-bond donors (Lipinski definition) is 1. The summed E-state index contributed by atoms with van der Waals surface area (Å²) in [5.74, 6) is 1.52. The number of hydrogen-bond acceptors (Lipinski definition) is 6. The van der Waals surface area contributed by atoms with Gasteiger partial charge in [-0.1, -0.05) is 36.9 Å². The van der Waals surface area contributed by atoms with Crippen LogP contribution in [0.1, 0.15) is 20.3 Å². The maximum atomic E-state index is 5.82. The van der Waals surface area contributed by atoms with Gasteiger partial charge in [-0.15, -0.1) is 10.2 Å². The molecule has 1 aliphatic heterocycles. The Balaban J connectivity index is 2.04. The molecule has 0 bridgehead atoms. The van der Waals surface area contributed by atoms with Crippen LogP contribution in [0.5, 0.6) is 5.88 Å². The fourth-order valence-corrected chi connectivity index (χ4v) is 2.67. The van der Waals surface area contributed by atoms with Crippen molar-refractivity contribution in [1.82, 2.24) is 15.2 Å². The fourth-order valence-electron chi connectivity index (χ4n) is 2.03. The van der Waals surface area contributed by atoms with E-state index < -0.39 is 0 Å². The molecule has 0 saturated carbocycles. The van der Waals surface area contributed by atoms with Crippen molar-refractivity contribution in [3.05, 3.63) is 24.3 Å². The molecule has 1 aromatic carbocycles. The van der Waals surface area contributed by atoms with Crippen LogP contribution in [0, 0.1) is 0 Å². The van der Waals surface area contributed by atoms with E-state index in [1.807, 2.05) is 31.2 Å². The van der Waals surface area contributed by atoms with Crippen molar-refractivity contribution in [2.24, 2.45) is 0 Å². The maximum absolute atomic E-state index is 5.82. The molecule has 0 saturated heterocycles. The van der Waals surface area contributed by atoms with Gasteiger partial charge in [0.05, 0.1) is 0 Å². The molecular weight excluding hydrogens is 272 g/mol. The fraction of sp³-hybridized carbons (Fsp3) is 0.357. The van der Waals surface area contributed by atoms with E-state index in [1.165, 1.54) is 0 Å². The molecule has 1 aliphatic rings. The third-order valence-corrected chi connectivity index (χ3v) is 3.94. The maximum Gasteiger partial charge on any atom is 0.247 e. The lowest BCUT2D eigenvalue weighted by Crippen LogP contribution is -2.21. The van der Waals surface area contributed by atoms with Gasteiger partial charge in [0.25, 0.3) is 0 Å². The van der Waals surface area contributed by atoms with Crippen molar-refractivity contribution in [3.8, 4) is 17.1 Å². The molecule has 1 atom stereocenters. The number of para-hydroxylation sites is 1. The highest BCUT2D eigenvalue weighted by molar-refractivity contribution is 7.99. The molecule has 1 aromatic heterocycles. The van der Waals surface area contributed by atoms with Gasteiger partial charge in [0.2, 0.25) is 11.0 Å². The Morgan fingerprint density at radius 2 is 2.15 bits per heavy atom. The molecule has 0 spiro atoms. The number of aromatic nitrogens is 3. The highest BCUT2D eigenvalue weighted by Crippen LogP contribution is 2.35. The first-order valence-corrected chi connectivity index (χ1v) is 7.66. The Bertz CT molecular complexity index is 620. The van der Waals surface area contributed by atoms with Crippen LogP contribution in [-0.4, -0.2) is 27.2 Å². The number of fused-ring (bicyclic) bond motifs is 3. The van der Waals surface area contributed by atoms with Gasteiger partial charge in [-0.2, -0.15) is 4.98 Å². The average molecular weight is 288 g/mol. The van der Waals surface area contributed by atoms with Gasteiger partial charge in [-0.3, -0.25) is 0 Å². The molecule has 2 heterocycles. The summed E-state index contributed by atoms with van der Waals surface area (Å²) in [6.45, 7) is 4.08. The van der Waals surface area contributed by atoms with Crippen LogP contribution in [0.25, 0.3) is 11.3 Å². The number of nitrogens with one attached hydrogen (secondary N) is 1. The largest absolute Gasteiger partial charge is 0.452 e. The standard InChI is InChI=1S/C14H16N4OS/c1-3-8-20-14-16-13-12(17-18-14)10-6-4-5-7-11(10)15-9(2)19-13/h4-7,9,15H,3,8H2,1-2H3/t9-/m0/s1. The van der Waals surface area contributed by atoms with Gasteiger partial charge < -0.3 is 10.1 Å². The third kappa shape index (κ3) is 2.56. The van der Waals surface area contributed by atoms with Crippen LogP contribution < -0.4 is 10.1 Å². The van der Waals surface area contributed by atoms with E-state index in [9.17, 15) is 0 Å². The Labute approximate surface area is 122 Å². The first kappa shape index (κ1) is 13.2. The summed E-state index contributed by atoms with van der Waals surface area (Å²) in [6.07, 6.45) is 0.922. The van der Waals surface area contributed by atoms with E-state index in [1.54, 1.807) is 11.8 Å². The number of benzene rings is 1. The molecule has 20 heavy (non-hydrogen) atoms. The van der Waals surface area contributed by atoms with E-state index in [0.29, 0.717) is 16.7 Å². The lowest BCUT2D eigenvalue weighted by Gasteiger charge is -2.13. The number of thioether (sulfide) groups is 1. The molecule has 0 radical (unpaired) electrons. The monoisotopic (exact) mass is 288 g/mol. The van der Waals surface area contributed by atoms with Crippen LogP contribution >= 0.6 is 11.8 Å². The molecular formula is C14H16N4OS. The minimum atomic E-state index is -0.155. The second-order valence-electron chi connectivity index (χ2n) is 4.55. The summed E-state index contributed by atoms with van der Waals surface area (Å²) in [4.78, 5) is 4.49. The van der Waals surface area contributed by atoms with E-state index in [0.717, 1.165) is 23.4 Å². The number of rotatable bonds is 3. The zero-order valence-corrected chi connectivity index (χ0v) is 12.3. The second kappa shape index (κ2) is 5.66. The third-order valence-electron chi connectivity index (χ3n) is 2.90. The molecule has 3 rings (SSSR count). The Morgan fingerprint density at radius 1 is 1.30 bits per heavy atom. The highest BCUT2D eigenvalue weighted by Gasteiger charge is 2.22. The molecule has 5 nitrogen and oxygen atoms in total. The van der Waals surface area contributed by atoms with Crippen molar-refractivity contribution in [2.45, 2.75) is 31.7 Å². The topological polar surface area (TPSA) is 59.9 Å². The molecule has 6 heteroatoms. The first-order valence-electron chi connectivity index (χ1n) is 6.68.